The molecule has 1 atom stereocenters. The molecule has 0 saturated carbocycles. The van der Waals surface area contributed by atoms with E-state index in [0.717, 1.165) is 12.8 Å². The van der Waals surface area contributed by atoms with Gasteiger partial charge >= 0.3 is 11.8 Å². The molecule has 1 aromatic rings. The van der Waals surface area contributed by atoms with Crippen molar-refractivity contribution in [3.63, 3.8) is 0 Å². The molecule has 8 nitrogen and oxygen atoms in total. The SMILES string of the molecule is Cc1cc(N2CCCS2(=O)=O)ccc1NC(=O)C(=O)NC[C@H]1CCCO1. The van der Waals surface area contributed by atoms with Crippen molar-refractivity contribution in [2.24, 2.45) is 0 Å². The van der Waals surface area contributed by atoms with Crippen molar-refractivity contribution in [2.75, 3.05) is 35.1 Å². The van der Waals surface area contributed by atoms with Gasteiger partial charge in [-0.2, -0.15) is 0 Å². The average molecular weight is 381 g/mol. The van der Waals surface area contributed by atoms with Crippen LogP contribution in [-0.4, -0.2) is 51.8 Å². The van der Waals surface area contributed by atoms with Gasteiger partial charge in [-0.25, -0.2) is 8.42 Å². The summed E-state index contributed by atoms with van der Waals surface area (Å²) in [7, 11) is -3.25. The van der Waals surface area contributed by atoms with Crippen LogP contribution >= 0.6 is 0 Å². The molecule has 2 heterocycles. The van der Waals surface area contributed by atoms with E-state index in [0.29, 0.717) is 43.1 Å². The van der Waals surface area contributed by atoms with Crippen molar-refractivity contribution < 1.29 is 22.7 Å². The molecule has 2 fully saturated rings. The van der Waals surface area contributed by atoms with Gasteiger partial charge in [0.2, 0.25) is 10.0 Å². The highest BCUT2D eigenvalue weighted by Gasteiger charge is 2.28. The maximum Gasteiger partial charge on any atom is 0.313 e. The molecule has 2 amide bonds. The number of hydrogen-bond donors (Lipinski definition) is 2. The number of rotatable bonds is 4. The highest BCUT2D eigenvalue weighted by molar-refractivity contribution is 7.93. The molecule has 142 valence electrons. The zero-order valence-electron chi connectivity index (χ0n) is 14.7. The Labute approximate surface area is 152 Å². The molecule has 0 unspecified atom stereocenters. The molecule has 0 radical (unpaired) electrons. The van der Waals surface area contributed by atoms with Gasteiger partial charge in [-0.15, -0.1) is 0 Å². The third kappa shape index (κ3) is 4.16. The number of ether oxygens (including phenoxy) is 1. The zero-order chi connectivity index (χ0) is 18.7. The Morgan fingerprint density at radius 3 is 2.69 bits per heavy atom. The van der Waals surface area contributed by atoms with Gasteiger partial charge in [-0.3, -0.25) is 13.9 Å². The van der Waals surface area contributed by atoms with Crippen molar-refractivity contribution in [3.8, 4) is 0 Å². The lowest BCUT2D eigenvalue weighted by Gasteiger charge is -2.18. The van der Waals surface area contributed by atoms with E-state index in [4.69, 9.17) is 4.74 Å². The van der Waals surface area contributed by atoms with E-state index < -0.39 is 21.8 Å². The van der Waals surface area contributed by atoms with E-state index in [1.54, 1.807) is 25.1 Å². The number of nitrogens with one attached hydrogen (secondary N) is 2. The molecule has 2 aliphatic heterocycles. The predicted octanol–water partition coefficient (Wildman–Crippen LogP) is 0.769. The van der Waals surface area contributed by atoms with E-state index in [2.05, 4.69) is 10.6 Å². The normalized spacial score (nSPS) is 21.6. The lowest BCUT2D eigenvalue weighted by atomic mass is 10.1. The first-order chi connectivity index (χ1) is 12.4. The first-order valence-electron chi connectivity index (χ1n) is 8.69. The third-order valence-corrected chi connectivity index (χ3v) is 6.44. The zero-order valence-corrected chi connectivity index (χ0v) is 15.5. The highest BCUT2D eigenvalue weighted by atomic mass is 32.2. The molecule has 0 aliphatic carbocycles. The second-order valence-electron chi connectivity index (χ2n) is 6.54. The minimum atomic E-state index is -3.25. The van der Waals surface area contributed by atoms with Crippen molar-refractivity contribution >= 4 is 33.2 Å². The van der Waals surface area contributed by atoms with Crippen LogP contribution in [0.3, 0.4) is 0 Å². The quantitative estimate of drug-likeness (QED) is 0.750. The van der Waals surface area contributed by atoms with Crippen LogP contribution < -0.4 is 14.9 Å². The monoisotopic (exact) mass is 381 g/mol. The summed E-state index contributed by atoms with van der Waals surface area (Å²) in [4.78, 5) is 24.0. The molecule has 2 N–H and O–H groups in total. The van der Waals surface area contributed by atoms with Crippen LogP contribution in [0.4, 0.5) is 11.4 Å². The average Bonchev–Trinajstić information content (AvgIpc) is 3.23. The number of carbonyl (C=O) groups is 2. The van der Waals surface area contributed by atoms with Crippen molar-refractivity contribution in [3.05, 3.63) is 23.8 Å². The van der Waals surface area contributed by atoms with E-state index in [-0.39, 0.29) is 11.9 Å². The van der Waals surface area contributed by atoms with E-state index in [1.807, 2.05) is 0 Å². The molecule has 0 aromatic heterocycles. The van der Waals surface area contributed by atoms with E-state index in [9.17, 15) is 18.0 Å². The first-order valence-corrected chi connectivity index (χ1v) is 10.3. The van der Waals surface area contributed by atoms with Crippen molar-refractivity contribution in [1.29, 1.82) is 0 Å². The summed E-state index contributed by atoms with van der Waals surface area (Å²) >= 11 is 0. The molecule has 0 spiro atoms. The van der Waals surface area contributed by atoms with Crippen LogP contribution in [0.1, 0.15) is 24.8 Å². The topological polar surface area (TPSA) is 105 Å². The number of nitrogens with zero attached hydrogens (tertiary/aromatic N) is 1. The summed E-state index contributed by atoms with van der Waals surface area (Å²) in [5.41, 5.74) is 1.73. The van der Waals surface area contributed by atoms with Gasteiger partial charge in [0.15, 0.2) is 0 Å². The van der Waals surface area contributed by atoms with Crippen LogP contribution in [0, 0.1) is 6.92 Å². The molecular formula is C17H23N3O5S. The van der Waals surface area contributed by atoms with Gasteiger partial charge in [-0.1, -0.05) is 0 Å². The maximum atomic E-state index is 12.0. The number of amides is 2. The van der Waals surface area contributed by atoms with Crippen LogP contribution in [0.15, 0.2) is 18.2 Å². The minimum Gasteiger partial charge on any atom is -0.376 e. The smallest absolute Gasteiger partial charge is 0.313 e. The van der Waals surface area contributed by atoms with Gasteiger partial charge in [0.1, 0.15) is 0 Å². The molecular weight excluding hydrogens is 358 g/mol. The van der Waals surface area contributed by atoms with Gasteiger partial charge in [0, 0.05) is 25.4 Å². The van der Waals surface area contributed by atoms with Crippen LogP contribution in [0.5, 0.6) is 0 Å². The Morgan fingerprint density at radius 2 is 2.08 bits per heavy atom. The van der Waals surface area contributed by atoms with Crippen LogP contribution in [-0.2, 0) is 24.3 Å². The Balaban J connectivity index is 1.60. The fourth-order valence-electron chi connectivity index (χ4n) is 3.14. The maximum absolute atomic E-state index is 12.0. The number of aryl methyl sites for hydroxylation is 1. The fourth-order valence-corrected chi connectivity index (χ4v) is 4.70. The lowest BCUT2D eigenvalue weighted by Crippen LogP contribution is -2.39. The molecule has 2 saturated heterocycles. The van der Waals surface area contributed by atoms with Gasteiger partial charge < -0.3 is 15.4 Å². The van der Waals surface area contributed by atoms with E-state index in [1.165, 1.54) is 4.31 Å². The van der Waals surface area contributed by atoms with Crippen LogP contribution in [0.2, 0.25) is 0 Å². The lowest BCUT2D eigenvalue weighted by molar-refractivity contribution is -0.136. The fraction of sp³-hybridized carbons (Fsp3) is 0.529. The van der Waals surface area contributed by atoms with Crippen LogP contribution in [0.25, 0.3) is 0 Å². The largest absolute Gasteiger partial charge is 0.376 e. The second kappa shape index (κ2) is 7.63. The number of sulfonamides is 1. The second-order valence-corrected chi connectivity index (χ2v) is 8.55. The molecule has 2 aliphatic rings. The van der Waals surface area contributed by atoms with Gasteiger partial charge in [0.05, 0.1) is 17.5 Å². The van der Waals surface area contributed by atoms with Crippen molar-refractivity contribution in [2.45, 2.75) is 32.3 Å². The number of hydrogen-bond acceptors (Lipinski definition) is 5. The molecule has 26 heavy (non-hydrogen) atoms. The number of anilines is 2. The van der Waals surface area contributed by atoms with Gasteiger partial charge in [-0.05, 0) is 49.9 Å². The standard InChI is InChI=1S/C17H23N3O5S/c1-12-10-13(20-7-3-9-26(20,23)24)5-6-15(12)19-17(22)16(21)18-11-14-4-2-8-25-14/h5-6,10,14H,2-4,7-9,11H2,1H3,(H,18,21)(H,19,22)/t14-/m1/s1. The first kappa shape index (κ1) is 18.7. The van der Waals surface area contributed by atoms with Crippen molar-refractivity contribution in [1.82, 2.24) is 5.32 Å². The van der Waals surface area contributed by atoms with E-state index >= 15 is 0 Å². The predicted molar refractivity (Wildman–Crippen MR) is 97.5 cm³/mol. The Hall–Kier alpha value is -2.13. The summed E-state index contributed by atoms with van der Waals surface area (Å²) in [6.45, 7) is 3.22. The summed E-state index contributed by atoms with van der Waals surface area (Å²) in [6.07, 6.45) is 2.41. The summed E-state index contributed by atoms with van der Waals surface area (Å²) in [5, 5.41) is 5.13. The molecule has 0 bridgehead atoms. The summed E-state index contributed by atoms with van der Waals surface area (Å²) in [5.74, 6) is -1.33. The van der Waals surface area contributed by atoms with Gasteiger partial charge in [0.25, 0.3) is 0 Å². The summed E-state index contributed by atoms with van der Waals surface area (Å²) < 4.78 is 30.8. The number of carbonyl (C=O) groups excluding carboxylic acids is 2. The summed E-state index contributed by atoms with van der Waals surface area (Å²) in [6, 6.07) is 4.95. The molecule has 9 heteroatoms. The number of benzene rings is 1. The molecule has 3 rings (SSSR count). The Morgan fingerprint density at radius 1 is 1.27 bits per heavy atom. The molecule has 1 aromatic carbocycles. The Bertz CT molecular complexity index is 803. The highest BCUT2D eigenvalue weighted by Crippen LogP contribution is 2.27. The minimum absolute atomic E-state index is 0.0322. The third-order valence-electron chi connectivity index (χ3n) is 4.57. The Kier molecular flexibility index (Phi) is 5.47.